The normalized spacial score (nSPS) is 11.6. The minimum atomic E-state index is -0.00542. The van der Waals surface area contributed by atoms with Gasteiger partial charge in [0, 0.05) is 21.5 Å². The Morgan fingerprint density at radius 3 is 2.33 bits per heavy atom. The summed E-state index contributed by atoms with van der Waals surface area (Å²) in [5.74, 6) is 0.469. The molecule has 4 heteroatoms. The molecule has 0 atom stereocenters. The SMILES string of the molecule is C=C(O)c1c(C(C)C)nc2c(Cl)cc(Cl)cc2c1-c1cccc(C(C)C)c1. The largest absolute Gasteiger partial charge is 0.508 e. The monoisotopic (exact) mass is 399 g/mol. The molecule has 0 amide bonds. The van der Waals surface area contributed by atoms with E-state index in [2.05, 4.69) is 32.6 Å². The Morgan fingerprint density at radius 2 is 1.74 bits per heavy atom. The van der Waals surface area contributed by atoms with E-state index in [0.29, 0.717) is 27.0 Å². The van der Waals surface area contributed by atoms with E-state index in [-0.39, 0.29) is 11.7 Å². The third-order valence-corrected chi connectivity index (χ3v) is 5.22. The summed E-state index contributed by atoms with van der Waals surface area (Å²) in [6.07, 6.45) is 0. The second-order valence-corrected chi connectivity index (χ2v) is 8.26. The van der Waals surface area contributed by atoms with Crippen LogP contribution in [0.1, 0.15) is 56.4 Å². The maximum Gasteiger partial charge on any atom is 0.118 e. The lowest BCUT2D eigenvalue weighted by Crippen LogP contribution is -2.04. The van der Waals surface area contributed by atoms with Gasteiger partial charge in [-0.1, -0.05) is 81.7 Å². The summed E-state index contributed by atoms with van der Waals surface area (Å²) in [6.45, 7) is 12.2. The molecule has 0 bridgehead atoms. The summed E-state index contributed by atoms with van der Waals surface area (Å²) in [5.41, 5.74) is 5.16. The Kier molecular flexibility index (Phi) is 5.50. The highest BCUT2D eigenvalue weighted by molar-refractivity contribution is 6.38. The lowest BCUT2D eigenvalue weighted by atomic mass is 9.88. The molecule has 3 aromatic rings. The van der Waals surface area contributed by atoms with Crippen molar-refractivity contribution in [2.75, 3.05) is 0 Å². The van der Waals surface area contributed by atoms with Gasteiger partial charge in [-0.25, -0.2) is 0 Å². The zero-order chi connectivity index (χ0) is 19.9. The van der Waals surface area contributed by atoms with Crippen molar-refractivity contribution < 1.29 is 5.11 Å². The van der Waals surface area contributed by atoms with Crippen LogP contribution < -0.4 is 0 Å². The van der Waals surface area contributed by atoms with Gasteiger partial charge in [0.2, 0.25) is 0 Å². The summed E-state index contributed by atoms with van der Waals surface area (Å²) < 4.78 is 0. The van der Waals surface area contributed by atoms with Crippen LogP contribution in [0.5, 0.6) is 0 Å². The summed E-state index contributed by atoms with van der Waals surface area (Å²) in [4.78, 5) is 4.77. The van der Waals surface area contributed by atoms with Gasteiger partial charge in [-0.3, -0.25) is 4.98 Å². The summed E-state index contributed by atoms with van der Waals surface area (Å²) in [6, 6.07) is 11.9. The predicted octanol–water partition coefficient (Wildman–Crippen LogP) is 7.98. The number of benzene rings is 2. The first-order valence-electron chi connectivity index (χ1n) is 9.02. The third kappa shape index (κ3) is 3.69. The van der Waals surface area contributed by atoms with Gasteiger partial charge >= 0.3 is 0 Å². The van der Waals surface area contributed by atoms with Crippen molar-refractivity contribution in [3.63, 3.8) is 0 Å². The molecule has 1 heterocycles. The zero-order valence-corrected chi connectivity index (χ0v) is 17.5. The molecule has 0 spiro atoms. The van der Waals surface area contributed by atoms with Crippen molar-refractivity contribution in [2.45, 2.75) is 39.5 Å². The van der Waals surface area contributed by atoms with E-state index in [1.165, 1.54) is 5.56 Å². The van der Waals surface area contributed by atoms with Crippen molar-refractivity contribution in [1.82, 2.24) is 4.98 Å². The van der Waals surface area contributed by atoms with Gasteiger partial charge in [-0.05, 0) is 35.1 Å². The second-order valence-electron chi connectivity index (χ2n) is 7.41. The van der Waals surface area contributed by atoms with Crippen molar-refractivity contribution in [3.05, 3.63) is 69.8 Å². The zero-order valence-electron chi connectivity index (χ0n) is 16.0. The van der Waals surface area contributed by atoms with Gasteiger partial charge in [0.05, 0.1) is 16.2 Å². The van der Waals surface area contributed by atoms with E-state index in [4.69, 9.17) is 28.2 Å². The lowest BCUT2D eigenvalue weighted by molar-refractivity contribution is 0.512. The fourth-order valence-electron chi connectivity index (χ4n) is 3.37. The van der Waals surface area contributed by atoms with Crippen LogP contribution in [0.3, 0.4) is 0 Å². The lowest BCUT2D eigenvalue weighted by Gasteiger charge is -2.20. The Hall–Kier alpha value is -2.03. The molecular weight excluding hydrogens is 377 g/mol. The average molecular weight is 400 g/mol. The van der Waals surface area contributed by atoms with Gasteiger partial charge in [0.15, 0.2) is 0 Å². The first kappa shape index (κ1) is 19.7. The van der Waals surface area contributed by atoms with Crippen LogP contribution in [0.25, 0.3) is 27.8 Å². The molecule has 0 radical (unpaired) electrons. The van der Waals surface area contributed by atoms with Crippen LogP contribution in [0.2, 0.25) is 10.0 Å². The van der Waals surface area contributed by atoms with Crippen LogP contribution in [-0.4, -0.2) is 10.1 Å². The van der Waals surface area contributed by atoms with Gasteiger partial charge in [-0.2, -0.15) is 0 Å². The minimum Gasteiger partial charge on any atom is -0.508 e. The van der Waals surface area contributed by atoms with E-state index >= 15 is 0 Å². The van der Waals surface area contributed by atoms with E-state index < -0.39 is 0 Å². The number of halogens is 2. The first-order chi connectivity index (χ1) is 12.7. The summed E-state index contributed by atoms with van der Waals surface area (Å²) >= 11 is 12.8. The highest BCUT2D eigenvalue weighted by atomic mass is 35.5. The topological polar surface area (TPSA) is 33.1 Å². The van der Waals surface area contributed by atoms with E-state index in [0.717, 1.165) is 22.2 Å². The molecular formula is C23H23Cl2NO. The number of fused-ring (bicyclic) bond motifs is 1. The number of aliphatic hydroxyl groups excluding tert-OH is 1. The predicted molar refractivity (Wildman–Crippen MR) is 117 cm³/mol. The van der Waals surface area contributed by atoms with Crippen LogP contribution in [0, 0.1) is 0 Å². The summed E-state index contributed by atoms with van der Waals surface area (Å²) in [5, 5.41) is 12.3. The summed E-state index contributed by atoms with van der Waals surface area (Å²) in [7, 11) is 0. The highest BCUT2D eigenvalue weighted by Crippen LogP contribution is 2.41. The Balaban J connectivity index is 2.53. The fraction of sp³-hybridized carbons (Fsp3) is 0.261. The molecule has 1 aromatic heterocycles. The molecule has 1 N–H and O–H groups in total. The number of aromatic nitrogens is 1. The van der Waals surface area contributed by atoms with Crippen molar-refractivity contribution in [2.24, 2.45) is 0 Å². The fourth-order valence-corrected chi connectivity index (χ4v) is 3.91. The number of hydrogen-bond donors (Lipinski definition) is 1. The van der Waals surface area contributed by atoms with Crippen LogP contribution in [0.15, 0.2) is 43.0 Å². The molecule has 140 valence electrons. The van der Waals surface area contributed by atoms with Crippen molar-refractivity contribution in [3.8, 4) is 11.1 Å². The third-order valence-electron chi connectivity index (χ3n) is 4.71. The number of nitrogens with zero attached hydrogens (tertiary/aromatic N) is 1. The van der Waals surface area contributed by atoms with Gasteiger partial charge in [-0.15, -0.1) is 0 Å². The molecule has 0 saturated heterocycles. The molecule has 27 heavy (non-hydrogen) atoms. The highest BCUT2D eigenvalue weighted by Gasteiger charge is 2.22. The van der Waals surface area contributed by atoms with Crippen molar-refractivity contribution in [1.29, 1.82) is 0 Å². The molecule has 3 rings (SSSR count). The van der Waals surface area contributed by atoms with Crippen LogP contribution >= 0.6 is 23.2 Å². The first-order valence-corrected chi connectivity index (χ1v) is 9.77. The van der Waals surface area contributed by atoms with Crippen LogP contribution in [-0.2, 0) is 0 Å². The smallest absolute Gasteiger partial charge is 0.118 e. The van der Waals surface area contributed by atoms with Gasteiger partial charge in [0.25, 0.3) is 0 Å². The molecule has 0 aliphatic heterocycles. The van der Waals surface area contributed by atoms with Crippen molar-refractivity contribution >= 4 is 39.9 Å². The number of pyridine rings is 1. The number of aliphatic hydroxyl groups is 1. The molecule has 2 nitrogen and oxygen atoms in total. The quantitative estimate of drug-likeness (QED) is 0.450. The Bertz CT molecular complexity index is 1040. The molecule has 0 fully saturated rings. The standard InChI is InChI=1S/C23H23Cl2NO/c1-12(2)15-7-6-8-16(9-15)21-18-10-17(24)11-19(25)23(18)26-22(13(3)4)20(21)14(5)27/h6-13,27H,5H2,1-4H3. The molecule has 2 aromatic carbocycles. The van der Waals surface area contributed by atoms with E-state index in [9.17, 15) is 5.11 Å². The minimum absolute atomic E-state index is 0.00542. The Morgan fingerprint density at radius 1 is 1.04 bits per heavy atom. The number of rotatable bonds is 4. The molecule has 0 unspecified atom stereocenters. The average Bonchev–Trinajstić information content (AvgIpc) is 2.59. The molecule has 0 aliphatic carbocycles. The maximum atomic E-state index is 10.5. The second kappa shape index (κ2) is 7.53. The number of hydrogen-bond acceptors (Lipinski definition) is 2. The molecule has 0 aliphatic rings. The molecule has 0 saturated carbocycles. The Labute approximate surface area is 170 Å². The van der Waals surface area contributed by atoms with E-state index in [1.807, 2.05) is 32.0 Å². The van der Waals surface area contributed by atoms with Gasteiger partial charge in [0.1, 0.15) is 5.76 Å². The van der Waals surface area contributed by atoms with Crippen LogP contribution in [0.4, 0.5) is 0 Å². The van der Waals surface area contributed by atoms with Gasteiger partial charge < -0.3 is 5.11 Å². The maximum absolute atomic E-state index is 10.5. The van der Waals surface area contributed by atoms with E-state index in [1.54, 1.807) is 6.07 Å².